The Balaban J connectivity index is 1.58. The van der Waals surface area contributed by atoms with Crippen molar-refractivity contribution in [1.82, 2.24) is 20.3 Å². The van der Waals surface area contributed by atoms with Gasteiger partial charge in [0.25, 0.3) is 0 Å². The lowest BCUT2D eigenvalue weighted by atomic mass is 10.1. The van der Waals surface area contributed by atoms with E-state index in [0.29, 0.717) is 0 Å². The number of aromatic nitrogens is 3. The van der Waals surface area contributed by atoms with E-state index >= 15 is 0 Å². The molecule has 0 saturated heterocycles. The van der Waals surface area contributed by atoms with Crippen LogP contribution in [-0.4, -0.2) is 21.5 Å². The number of fused-ring (bicyclic) bond motifs is 1. The van der Waals surface area contributed by atoms with E-state index < -0.39 is 0 Å². The summed E-state index contributed by atoms with van der Waals surface area (Å²) in [4.78, 5) is 0. The highest BCUT2D eigenvalue weighted by Crippen LogP contribution is 2.27. The molecule has 21 heavy (non-hydrogen) atoms. The molecule has 0 amide bonds. The predicted octanol–water partition coefficient (Wildman–Crippen LogP) is 2.92. The number of nitrogens with zero attached hydrogens (tertiary/aromatic N) is 3. The zero-order chi connectivity index (χ0) is 14.1. The molecule has 4 rings (SSSR count). The number of hydrogen-bond acceptors (Lipinski definition) is 3. The third-order valence-electron chi connectivity index (χ3n) is 3.99. The average Bonchev–Trinajstić information content (AvgIpc) is 3.23. The van der Waals surface area contributed by atoms with Crippen LogP contribution in [0.2, 0.25) is 0 Å². The van der Waals surface area contributed by atoms with Gasteiger partial charge in [0.15, 0.2) is 0 Å². The highest BCUT2D eigenvalue weighted by molar-refractivity contribution is 5.89. The Bertz CT molecular complexity index is 753. The summed E-state index contributed by atoms with van der Waals surface area (Å²) in [6, 6.07) is 14.6. The topological polar surface area (TPSA) is 42.7 Å². The van der Waals surface area contributed by atoms with Crippen LogP contribution in [0.15, 0.2) is 48.7 Å². The van der Waals surface area contributed by atoms with Gasteiger partial charge in [-0.3, -0.25) is 0 Å². The molecule has 0 atom stereocenters. The molecule has 0 unspecified atom stereocenters. The minimum atomic E-state index is 0.793. The molecule has 1 aromatic heterocycles. The van der Waals surface area contributed by atoms with E-state index in [-0.39, 0.29) is 0 Å². The summed E-state index contributed by atoms with van der Waals surface area (Å²) < 4.78 is 1.87. The fourth-order valence-electron chi connectivity index (χ4n) is 2.63. The smallest absolute Gasteiger partial charge is 0.0969 e. The molecule has 4 heteroatoms. The number of benzene rings is 2. The molecule has 0 radical (unpaired) electrons. The van der Waals surface area contributed by atoms with Crippen LogP contribution >= 0.6 is 0 Å². The predicted molar refractivity (Wildman–Crippen MR) is 83.3 cm³/mol. The second-order valence-corrected chi connectivity index (χ2v) is 5.73. The van der Waals surface area contributed by atoms with Gasteiger partial charge < -0.3 is 5.32 Å². The van der Waals surface area contributed by atoms with Crippen molar-refractivity contribution in [2.24, 2.45) is 5.92 Å². The zero-order valence-electron chi connectivity index (χ0n) is 11.9. The van der Waals surface area contributed by atoms with E-state index in [1.165, 1.54) is 23.6 Å². The Hall–Kier alpha value is -2.20. The molecule has 1 fully saturated rings. The van der Waals surface area contributed by atoms with Gasteiger partial charge in [-0.2, -0.15) is 0 Å². The van der Waals surface area contributed by atoms with Gasteiger partial charge in [0.1, 0.15) is 0 Å². The van der Waals surface area contributed by atoms with Crippen LogP contribution in [0.1, 0.15) is 18.5 Å². The largest absolute Gasteiger partial charge is 0.311 e. The molecule has 2 aromatic carbocycles. The summed E-state index contributed by atoms with van der Waals surface area (Å²) in [5, 5.41) is 14.4. The molecule has 3 aromatic rings. The van der Waals surface area contributed by atoms with E-state index in [1.54, 1.807) is 0 Å². The van der Waals surface area contributed by atoms with Gasteiger partial charge >= 0.3 is 0 Å². The first kappa shape index (κ1) is 12.5. The lowest BCUT2D eigenvalue weighted by Gasteiger charge is -2.05. The number of rotatable bonds is 5. The normalized spacial score (nSPS) is 14.7. The maximum atomic E-state index is 4.28. The Morgan fingerprint density at radius 2 is 1.95 bits per heavy atom. The fourth-order valence-corrected chi connectivity index (χ4v) is 2.63. The van der Waals surface area contributed by atoms with Gasteiger partial charge in [0.05, 0.1) is 17.6 Å². The van der Waals surface area contributed by atoms with Crippen LogP contribution in [0.3, 0.4) is 0 Å². The van der Waals surface area contributed by atoms with Crippen molar-refractivity contribution in [2.45, 2.75) is 19.4 Å². The second-order valence-electron chi connectivity index (χ2n) is 5.73. The number of nitrogens with one attached hydrogen (secondary N) is 1. The first-order valence-electron chi connectivity index (χ1n) is 7.50. The van der Waals surface area contributed by atoms with E-state index in [0.717, 1.165) is 30.4 Å². The van der Waals surface area contributed by atoms with Crippen LogP contribution in [0.5, 0.6) is 0 Å². The van der Waals surface area contributed by atoms with Crippen LogP contribution in [0.25, 0.3) is 16.5 Å². The summed E-state index contributed by atoms with van der Waals surface area (Å²) in [7, 11) is 0. The van der Waals surface area contributed by atoms with E-state index in [1.807, 2.05) is 10.9 Å². The van der Waals surface area contributed by atoms with Crippen molar-refractivity contribution in [3.05, 3.63) is 54.4 Å². The van der Waals surface area contributed by atoms with E-state index in [9.17, 15) is 0 Å². The minimum absolute atomic E-state index is 0.793. The molecule has 106 valence electrons. The Kier molecular flexibility index (Phi) is 3.16. The quantitative estimate of drug-likeness (QED) is 0.780. The minimum Gasteiger partial charge on any atom is -0.311 e. The molecule has 1 aliphatic rings. The molecule has 0 bridgehead atoms. The maximum Gasteiger partial charge on any atom is 0.0969 e. The Morgan fingerprint density at radius 3 is 2.86 bits per heavy atom. The van der Waals surface area contributed by atoms with Crippen molar-refractivity contribution in [1.29, 1.82) is 0 Å². The second kappa shape index (κ2) is 5.30. The molecule has 1 aliphatic carbocycles. The summed E-state index contributed by atoms with van der Waals surface area (Å²) >= 11 is 0. The molecule has 0 spiro atoms. The van der Waals surface area contributed by atoms with Crippen molar-refractivity contribution >= 4 is 10.8 Å². The SMILES string of the molecule is c1ccc2c(-n3cc(CNCC4CC4)nn3)cccc2c1. The maximum absolute atomic E-state index is 4.28. The van der Waals surface area contributed by atoms with Crippen molar-refractivity contribution in [3.63, 3.8) is 0 Å². The summed E-state index contributed by atoms with van der Waals surface area (Å²) in [5.74, 6) is 0.887. The number of hydrogen-bond donors (Lipinski definition) is 1. The van der Waals surface area contributed by atoms with Gasteiger partial charge in [-0.1, -0.05) is 41.6 Å². The Labute approximate surface area is 123 Å². The van der Waals surface area contributed by atoms with E-state index in [2.05, 4.69) is 58.1 Å². The first-order valence-corrected chi connectivity index (χ1v) is 7.50. The molecule has 0 aliphatic heterocycles. The van der Waals surface area contributed by atoms with Gasteiger partial charge in [0, 0.05) is 11.9 Å². The summed E-state index contributed by atoms with van der Waals surface area (Å²) in [6.45, 7) is 1.89. The van der Waals surface area contributed by atoms with Gasteiger partial charge in [-0.15, -0.1) is 5.10 Å². The highest BCUT2D eigenvalue weighted by atomic mass is 15.4. The third kappa shape index (κ3) is 2.67. The van der Waals surface area contributed by atoms with Gasteiger partial charge in [0.2, 0.25) is 0 Å². The third-order valence-corrected chi connectivity index (χ3v) is 3.99. The Morgan fingerprint density at radius 1 is 1.10 bits per heavy atom. The monoisotopic (exact) mass is 278 g/mol. The van der Waals surface area contributed by atoms with Crippen LogP contribution in [0, 0.1) is 5.92 Å². The highest BCUT2D eigenvalue weighted by Gasteiger charge is 2.20. The van der Waals surface area contributed by atoms with Gasteiger partial charge in [-0.25, -0.2) is 4.68 Å². The standard InChI is InChI=1S/C17H18N4/c1-2-6-16-14(4-1)5-3-7-17(16)21-12-15(19-20-21)11-18-10-13-8-9-13/h1-7,12-13,18H,8-11H2. The van der Waals surface area contributed by atoms with Crippen molar-refractivity contribution < 1.29 is 0 Å². The van der Waals surface area contributed by atoms with Crippen LogP contribution in [-0.2, 0) is 6.54 Å². The van der Waals surface area contributed by atoms with Crippen LogP contribution < -0.4 is 5.32 Å². The first-order chi connectivity index (χ1) is 10.4. The molecule has 1 saturated carbocycles. The molecule has 4 nitrogen and oxygen atoms in total. The van der Waals surface area contributed by atoms with Crippen LogP contribution in [0.4, 0.5) is 0 Å². The van der Waals surface area contributed by atoms with Gasteiger partial charge in [-0.05, 0) is 36.8 Å². The molecule has 1 N–H and O–H groups in total. The molecule has 1 heterocycles. The lowest BCUT2D eigenvalue weighted by molar-refractivity contribution is 0.628. The molecular weight excluding hydrogens is 260 g/mol. The molecular formula is C17H18N4. The summed E-state index contributed by atoms with van der Waals surface area (Å²) in [6.07, 6.45) is 4.76. The summed E-state index contributed by atoms with van der Waals surface area (Å²) in [5.41, 5.74) is 2.07. The fraction of sp³-hybridized carbons (Fsp3) is 0.294. The zero-order valence-corrected chi connectivity index (χ0v) is 11.9. The average molecular weight is 278 g/mol. The van der Waals surface area contributed by atoms with Crippen molar-refractivity contribution in [3.8, 4) is 5.69 Å². The lowest BCUT2D eigenvalue weighted by Crippen LogP contribution is -2.16. The van der Waals surface area contributed by atoms with E-state index in [4.69, 9.17) is 0 Å². The van der Waals surface area contributed by atoms with Crippen molar-refractivity contribution in [2.75, 3.05) is 6.54 Å².